The van der Waals surface area contributed by atoms with E-state index in [0.29, 0.717) is 0 Å². The molecule has 0 unspecified atom stereocenters. The smallest absolute Gasteiger partial charge is 0.431 e. The second-order valence-corrected chi connectivity index (χ2v) is 5.31. The quantitative estimate of drug-likeness (QED) is 0.520. The van der Waals surface area contributed by atoms with Gasteiger partial charge in [0.15, 0.2) is 0 Å². The molecule has 0 bridgehead atoms. The standard InChI is InChI=1S/C6H5F7O2.C6H7F7O/c7-4(5(8,9)10,6(11,12)13)2-1-3(14)15;7-4(2-1-3-14,5(8,9)10)6(11,12)13/h1-2H2,(H,14,15);14H,1-3H2. The molecular weight excluding hydrogens is 458 g/mol. The van der Waals surface area contributed by atoms with Gasteiger partial charge in [-0.25, -0.2) is 8.78 Å². The lowest BCUT2D eigenvalue weighted by molar-refractivity contribution is -0.344. The van der Waals surface area contributed by atoms with E-state index in [1.165, 1.54) is 0 Å². The molecule has 0 saturated heterocycles. The van der Waals surface area contributed by atoms with E-state index in [2.05, 4.69) is 0 Å². The summed E-state index contributed by atoms with van der Waals surface area (Å²) in [4.78, 5) is 9.80. The molecule has 0 aromatic rings. The first-order chi connectivity index (χ1) is 12.5. The van der Waals surface area contributed by atoms with E-state index in [0.717, 1.165) is 0 Å². The van der Waals surface area contributed by atoms with Crippen molar-refractivity contribution in [3.63, 3.8) is 0 Å². The van der Waals surface area contributed by atoms with Crippen molar-refractivity contribution >= 4 is 5.97 Å². The van der Waals surface area contributed by atoms with Crippen molar-refractivity contribution in [3.05, 3.63) is 0 Å². The van der Waals surface area contributed by atoms with Crippen LogP contribution in [0.4, 0.5) is 61.5 Å². The van der Waals surface area contributed by atoms with E-state index in [9.17, 15) is 66.3 Å². The molecule has 0 radical (unpaired) electrons. The number of carbonyl (C=O) groups is 1. The molecule has 3 nitrogen and oxygen atoms in total. The molecule has 0 rings (SSSR count). The minimum absolute atomic E-state index is 0.907. The lowest BCUT2D eigenvalue weighted by atomic mass is 9.98. The van der Waals surface area contributed by atoms with E-state index < -0.39 is 74.3 Å². The second kappa shape index (κ2) is 9.51. The number of aliphatic hydroxyl groups excluding tert-OH is 1. The highest BCUT2D eigenvalue weighted by Crippen LogP contribution is 2.49. The predicted molar refractivity (Wildman–Crippen MR) is 65.1 cm³/mol. The fraction of sp³-hybridized carbons (Fsp3) is 0.917. The summed E-state index contributed by atoms with van der Waals surface area (Å²) < 4.78 is 166. The van der Waals surface area contributed by atoms with E-state index in [4.69, 9.17) is 10.2 Å². The molecule has 0 aliphatic rings. The molecule has 0 atom stereocenters. The molecule has 2 N–H and O–H groups in total. The molecule has 0 aliphatic heterocycles. The van der Waals surface area contributed by atoms with Crippen LogP contribution in [-0.4, -0.2) is 58.8 Å². The van der Waals surface area contributed by atoms with Crippen molar-refractivity contribution in [1.29, 1.82) is 0 Å². The zero-order valence-electron chi connectivity index (χ0n) is 13.6. The Morgan fingerprint density at radius 1 is 0.586 bits per heavy atom. The number of halogens is 14. The molecule has 176 valence electrons. The lowest BCUT2D eigenvalue weighted by Gasteiger charge is -2.29. The molecular formula is C12H12F14O3. The number of alkyl halides is 14. The number of rotatable bonds is 6. The summed E-state index contributed by atoms with van der Waals surface area (Å²) in [5.41, 5.74) is -10.7. The van der Waals surface area contributed by atoms with Gasteiger partial charge in [-0.2, -0.15) is 52.7 Å². The van der Waals surface area contributed by atoms with Crippen LogP contribution in [0.15, 0.2) is 0 Å². The number of aliphatic carboxylic acids is 1. The van der Waals surface area contributed by atoms with Gasteiger partial charge in [0.2, 0.25) is 0 Å². The minimum atomic E-state index is -6.18. The van der Waals surface area contributed by atoms with Crippen LogP contribution in [0.25, 0.3) is 0 Å². The highest BCUT2D eigenvalue weighted by atomic mass is 19.4. The fourth-order valence-electron chi connectivity index (χ4n) is 1.49. The average Bonchev–Trinajstić information content (AvgIpc) is 2.46. The Morgan fingerprint density at radius 2 is 0.862 bits per heavy atom. The lowest BCUT2D eigenvalue weighted by Crippen LogP contribution is -2.53. The first-order valence-electron chi connectivity index (χ1n) is 6.95. The summed E-state index contributed by atoms with van der Waals surface area (Å²) in [7, 11) is 0. The maximum Gasteiger partial charge on any atom is 0.431 e. The Bertz CT molecular complexity index is 488. The zero-order chi connectivity index (χ0) is 24.1. The van der Waals surface area contributed by atoms with Crippen LogP contribution < -0.4 is 0 Å². The third-order valence-electron chi connectivity index (χ3n) is 3.16. The predicted octanol–water partition coefficient (Wildman–Crippen LogP) is 5.28. The Kier molecular flexibility index (Phi) is 9.72. The average molecular weight is 470 g/mol. The summed E-state index contributed by atoms with van der Waals surface area (Å²) >= 11 is 0. The van der Waals surface area contributed by atoms with E-state index in [1.54, 1.807) is 0 Å². The molecule has 0 heterocycles. The van der Waals surface area contributed by atoms with Crippen LogP contribution in [0.2, 0.25) is 0 Å². The van der Waals surface area contributed by atoms with Crippen LogP contribution >= 0.6 is 0 Å². The Morgan fingerprint density at radius 3 is 1.07 bits per heavy atom. The van der Waals surface area contributed by atoms with Crippen LogP contribution in [0.3, 0.4) is 0 Å². The van der Waals surface area contributed by atoms with E-state index in [-0.39, 0.29) is 0 Å². The van der Waals surface area contributed by atoms with E-state index in [1.807, 2.05) is 0 Å². The van der Waals surface area contributed by atoms with Crippen LogP contribution in [0, 0.1) is 0 Å². The van der Waals surface area contributed by atoms with Gasteiger partial charge in [-0.15, -0.1) is 0 Å². The zero-order valence-corrected chi connectivity index (χ0v) is 13.6. The van der Waals surface area contributed by atoms with Crippen molar-refractivity contribution in [3.8, 4) is 0 Å². The number of carboxylic acid groups (broad SMARTS) is 1. The molecule has 0 saturated carbocycles. The Balaban J connectivity index is 0. The summed E-state index contributed by atoms with van der Waals surface area (Å²) in [5, 5.41) is 16.0. The highest BCUT2D eigenvalue weighted by molar-refractivity contribution is 5.66. The molecule has 0 aliphatic carbocycles. The van der Waals surface area contributed by atoms with Crippen molar-refractivity contribution in [1.82, 2.24) is 0 Å². The maximum atomic E-state index is 12.7. The Hall–Kier alpha value is -1.55. The molecule has 0 spiro atoms. The van der Waals surface area contributed by atoms with Gasteiger partial charge in [-0.1, -0.05) is 0 Å². The fourth-order valence-corrected chi connectivity index (χ4v) is 1.49. The highest BCUT2D eigenvalue weighted by Gasteiger charge is 2.72. The van der Waals surface area contributed by atoms with Gasteiger partial charge in [-0.05, 0) is 6.42 Å². The first-order valence-corrected chi connectivity index (χ1v) is 6.95. The minimum Gasteiger partial charge on any atom is -0.481 e. The van der Waals surface area contributed by atoms with Gasteiger partial charge in [0.1, 0.15) is 0 Å². The third kappa shape index (κ3) is 7.65. The van der Waals surface area contributed by atoms with Crippen LogP contribution in [-0.2, 0) is 4.79 Å². The van der Waals surface area contributed by atoms with E-state index >= 15 is 0 Å². The molecule has 0 aromatic heterocycles. The summed E-state index contributed by atoms with van der Waals surface area (Å²) in [6, 6.07) is 0. The molecule has 0 aromatic carbocycles. The van der Waals surface area contributed by atoms with Gasteiger partial charge in [0, 0.05) is 25.9 Å². The number of hydrogen-bond acceptors (Lipinski definition) is 2. The molecule has 0 amide bonds. The largest absolute Gasteiger partial charge is 0.481 e. The molecule has 29 heavy (non-hydrogen) atoms. The number of carboxylic acids is 1. The summed E-state index contributed by atoms with van der Waals surface area (Å²) in [6.07, 6.45) is -30.9. The van der Waals surface area contributed by atoms with Crippen molar-refractivity contribution in [2.24, 2.45) is 0 Å². The maximum absolute atomic E-state index is 12.7. The van der Waals surface area contributed by atoms with Gasteiger partial charge >= 0.3 is 30.7 Å². The topological polar surface area (TPSA) is 57.5 Å². The third-order valence-corrected chi connectivity index (χ3v) is 3.16. The summed E-state index contributed by atoms with van der Waals surface area (Å²) in [5.74, 6) is -1.94. The second-order valence-electron chi connectivity index (χ2n) is 5.31. The van der Waals surface area contributed by atoms with Gasteiger partial charge in [-0.3, -0.25) is 4.79 Å². The number of aliphatic hydroxyl groups is 1. The van der Waals surface area contributed by atoms with Crippen LogP contribution in [0.5, 0.6) is 0 Å². The summed E-state index contributed by atoms with van der Waals surface area (Å²) in [6.45, 7) is -0.933. The molecule has 17 heteroatoms. The Labute approximate surface area is 152 Å². The van der Waals surface area contributed by atoms with Gasteiger partial charge in [0.05, 0.1) is 0 Å². The first kappa shape index (κ1) is 29.6. The van der Waals surface area contributed by atoms with Crippen molar-refractivity contribution < 1.29 is 76.5 Å². The van der Waals surface area contributed by atoms with Crippen LogP contribution in [0.1, 0.15) is 25.7 Å². The van der Waals surface area contributed by atoms with Crippen molar-refractivity contribution in [2.45, 2.75) is 61.7 Å². The van der Waals surface area contributed by atoms with Gasteiger partial charge < -0.3 is 10.2 Å². The van der Waals surface area contributed by atoms with Crippen molar-refractivity contribution in [2.75, 3.05) is 6.61 Å². The SMILES string of the molecule is O=C(O)CCC(F)(C(F)(F)F)C(F)(F)F.OCCCC(F)(C(F)(F)F)C(F)(F)F. The van der Waals surface area contributed by atoms with Gasteiger partial charge in [0.25, 0.3) is 11.3 Å². The monoisotopic (exact) mass is 470 g/mol. The number of hydrogen-bond donors (Lipinski definition) is 2. The normalized spacial score (nSPS) is 14.3. The molecule has 0 fully saturated rings.